The molecule has 1 heterocycles. The summed E-state index contributed by atoms with van der Waals surface area (Å²) in [6.45, 7) is 3.71. The fraction of sp³-hybridized carbons (Fsp3) is 0.500. The fourth-order valence-electron chi connectivity index (χ4n) is 1.73. The molecule has 0 saturated heterocycles. The largest absolute Gasteiger partial charge is 0.271 e. The number of thiophene rings is 1. The van der Waals surface area contributed by atoms with E-state index in [2.05, 4.69) is 12.0 Å². The molecule has 5 heteroatoms. The van der Waals surface area contributed by atoms with Crippen LogP contribution in [0.3, 0.4) is 0 Å². The number of hydrogen-bond acceptors (Lipinski definition) is 3. The van der Waals surface area contributed by atoms with Gasteiger partial charge in [0.05, 0.1) is 8.67 Å². The highest BCUT2D eigenvalue weighted by atomic mass is 35.5. The molecule has 3 N–H and O–H groups in total. The third-order valence-electron chi connectivity index (χ3n) is 2.66. The first-order valence-electron chi connectivity index (χ1n) is 5.70. The Balaban J connectivity index is 2.43. The van der Waals surface area contributed by atoms with Gasteiger partial charge in [0.15, 0.2) is 0 Å². The van der Waals surface area contributed by atoms with Crippen LogP contribution in [0.25, 0.3) is 0 Å². The van der Waals surface area contributed by atoms with Crippen molar-refractivity contribution in [2.75, 3.05) is 0 Å². The molecule has 2 nitrogen and oxygen atoms in total. The standard InChI is InChI=1S/C12H18Cl2N2S/c1-2-3-4-5-6-7-10(16-15)9-8-11(13)17-12(9)14/h2,8,10,16H,1,3-7,15H2. The van der Waals surface area contributed by atoms with Crippen molar-refractivity contribution < 1.29 is 0 Å². The number of halogens is 2. The van der Waals surface area contributed by atoms with Crippen LogP contribution in [-0.4, -0.2) is 0 Å². The van der Waals surface area contributed by atoms with Crippen LogP contribution in [0, 0.1) is 0 Å². The van der Waals surface area contributed by atoms with Gasteiger partial charge in [-0.1, -0.05) is 42.1 Å². The summed E-state index contributed by atoms with van der Waals surface area (Å²) in [5.74, 6) is 5.56. The van der Waals surface area contributed by atoms with E-state index in [0.29, 0.717) is 4.34 Å². The molecule has 0 aliphatic carbocycles. The Labute approximate surface area is 117 Å². The average molecular weight is 293 g/mol. The topological polar surface area (TPSA) is 38.0 Å². The molecule has 1 unspecified atom stereocenters. The predicted octanol–water partition coefficient (Wildman–Crippen LogP) is 4.70. The molecular weight excluding hydrogens is 275 g/mol. The first kappa shape index (κ1) is 15.0. The molecule has 0 fully saturated rings. The van der Waals surface area contributed by atoms with Crippen LogP contribution in [0.5, 0.6) is 0 Å². The highest BCUT2D eigenvalue weighted by Gasteiger charge is 2.15. The minimum Gasteiger partial charge on any atom is -0.271 e. The van der Waals surface area contributed by atoms with Crippen molar-refractivity contribution in [3.8, 4) is 0 Å². The summed E-state index contributed by atoms with van der Waals surface area (Å²) in [7, 11) is 0. The third-order valence-corrected chi connectivity index (χ3v) is 4.18. The summed E-state index contributed by atoms with van der Waals surface area (Å²) < 4.78 is 1.43. The number of hydrazine groups is 1. The van der Waals surface area contributed by atoms with Gasteiger partial charge < -0.3 is 0 Å². The maximum Gasteiger partial charge on any atom is 0.0992 e. The van der Waals surface area contributed by atoms with E-state index in [1.165, 1.54) is 24.2 Å². The van der Waals surface area contributed by atoms with Gasteiger partial charge >= 0.3 is 0 Å². The average Bonchev–Trinajstić information content (AvgIpc) is 2.63. The SMILES string of the molecule is C=CCCCCCC(NN)c1cc(Cl)sc1Cl. The van der Waals surface area contributed by atoms with Crippen LogP contribution in [0.15, 0.2) is 18.7 Å². The summed E-state index contributed by atoms with van der Waals surface area (Å²) in [5.41, 5.74) is 3.81. The van der Waals surface area contributed by atoms with Crippen molar-refractivity contribution >= 4 is 34.5 Å². The smallest absolute Gasteiger partial charge is 0.0992 e. The Hall–Kier alpha value is -0.0600. The van der Waals surface area contributed by atoms with Crippen molar-refractivity contribution in [3.63, 3.8) is 0 Å². The molecule has 1 aromatic rings. The van der Waals surface area contributed by atoms with E-state index in [0.717, 1.165) is 29.2 Å². The van der Waals surface area contributed by atoms with Crippen molar-refractivity contribution in [1.29, 1.82) is 0 Å². The minimum atomic E-state index is 0.0926. The lowest BCUT2D eigenvalue weighted by Gasteiger charge is -2.14. The monoisotopic (exact) mass is 292 g/mol. The number of unbranched alkanes of at least 4 members (excludes halogenated alkanes) is 3. The molecule has 1 aromatic heterocycles. The third kappa shape index (κ3) is 4.98. The van der Waals surface area contributed by atoms with E-state index < -0.39 is 0 Å². The number of nitrogens with two attached hydrogens (primary N) is 1. The molecule has 0 aromatic carbocycles. The highest BCUT2D eigenvalue weighted by molar-refractivity contribution is 7.20. The molecular formula is C12H18Cl2N2S. The minimum absolute atomic E-state index is 0.0926. The van der Waals surface area contributed by atoms with Crippen LogP contribution >= 0.6 is 34.5 Å². The maximum atomic E-state index is 6.11. The second-order valence-corrected chi connectivity index (χ2v) is 6.21. The van der Waals surface area contributed by atoms with Crippen molar-refractivity contribution in [1.82, 2.24) is 5.43 Å². The molecule has 0 saturated carbocycles. The molecule has 0 amide bonds. The molecule has 0 radical (unpaired) electrons. The van der Waals surface area contributed by atoms with Crippen LogP contribution in [0.1, 0.15) is 43.7 Å². The number of nitrogens with one attached hydrogen (secondary N) is 1. The van der Waals surface area contributed by atoms with E-state index in [9.17, 15) is 0 Å². The second-order valence-electron chi connectivity index (χ2n) is 3.93. The summed E-state index contributed by atoms with van der Waals surface area (Å²) in [6.07, 6.45) is 7.48. The Bertz CT molecular complexity index is 352. The van der Waals surface area contributed by atoms with E-state index in [4.69, 9.17) is 29.0 Å². The van der Waals surface area contributed by atoms with Crippen molar-refractivity contribution in [3.05, 3.63) is 33.0 Å². The Kier molecular flexibility index (Phi) is 7.16. The van der Waals surface area contributed by atoms with Gasteiger partial charge in [-0.15, -0.1) is 17.9 Å². The molecule has 0 aliphatic rings. The lowest BCUT2D eigenvalue weighted by molar-refractivity contribution is 0.485. The van der Waals surface area contributed by atoms with E-state index in [1.807, 2.05) is 12.1 Å². The zero-order valence-electron chi connectivity index (χ0n) is 9.72. The Morgan fingerprint density at radius 1 is 1.41 bits per heavy atom. The normalized spacial score (nSPS) is 12.6. The van der Waals surface area contributed by atoms with E-state index in [1.54, 1.807) is 0 Å². The summed E-state index contributed by atoms with van der Waals surface area (Å²) in [4.78, 5) is 0. The van der Waals surface area contributed by atoms with E-state index in [-0.39, 0.29) is 6.04 Å². The molecule has 0 aliphatic heterocycles. The molecule has 1 rings (SSSR count). The molecule has 96 valence electrons. The van der Waals surface area contributed by atoms with Gasteiger partial charge in [0.1, 0.15) is 0 Å². The number of allylic oxidation sites excluding steroid dienone is 1. The molecule has 1 atom stereocenters. The lowest BCUT2D eigenvalue weighted by Crippen LogP contribution is -2.27. The summed E-state index contributed by atoms with van der Waals surface area (Å²) in [5, 5.41) is 0. The molecule has 0 spiro atoms. The van der Waals surface area contributed by atoms with Crippen LogP contribution in [-0.2, 0) is 0 Å². The molecule has 0 bridgehead atoms. The van der Waals surface area contributed by atoms with Crippen LogP contribution in [0.2, 0.25) is 8.67 Å². The highest BCUT2D eigenvalue weighted by Crippen LogP contribution is 2.36. The zero-order valence-corrected chi connectivity index (χ0v) is 12.0. The van der Waals surface area contributed by atoms with Gasteiger partial charge in [-0.2, -0.15) is 0 Å². The lowest BCUT2D eigenvalue weighted by atomic mass is 10.0. The van der Waals surface area contributed by atoms with Crippen molar-refractivity contribution in [2.45, 2.75) is 38.1 Å². The number of hydrogen-bond donors (Lipinski definition) is 2. The summed E-state index contributed by atoms with van der Waals surface area (Å²) >= 11 is 13.4. The first-order valence-corrected chi connectivity index (χ1v) is 7.28. The van der Waals surface area contributed by atoms with Gasteiger partial charge in [-0.3, -0.25) is 11.3 Å². The van der Waals surface area contributed by atoms with E-state index >= 15 is 0 Å². The van der Waals surface area contributed by atoms with Crippen LogP contribution < -0.4 is 11.3 Å². The van der Waals surface area contributed by atoms with Gasteiger partial charge in [0.25, 0.3) is 0 Å². The summed E-state index contributed by atoms with van der Waals surface area (Å²) in [6, 6.07) is 1.98. The second kappa shape index (κ2) is 8.11. The van der Waals surface area contributed by atoms with Gasteiger partial charge in [-0.25, -0.2) is 0 Å². The van der Waals surface area contributed by atoms with Crippen molar-refractivity contribution in [2.24, 2.45) is 5.84 Å². The Morgan fingerprint density at radius 2 is 2.18 bits per heavy atom. The van der Waals surface area contributed by atoms with Gasteiger partial charge in [-0.05, 0) is 25.3 Å². The first-order chi connectivity index (χ1) is 8.19. The zero-order chi connectivity index (χ0) is 12.7. The maximum absolute atomic E-state index is 6.11. The Morgan fingerprint density at radius 3 is 2.71 bits per heavy atom. The quantitative estimate of drug-likeness (QED) is 0.316. The number of rotatable bonds is 8. The van der Waals surface area contributed by atoms with Crippen LogP contribution in [0.4, 0.5) is 0 Å². The van der Waals surface area contributed by atoms with Gasteiger partial charge in [0, 0.05) is 11.6 Å². The predicted molar refractivity (Wildman–Crippen MR) is 77.7 cm³/mol. The molecule has 17 heavy (non-hydrogen) atoms. The fourth-order valence-corrected chi connectivity index (χ4v) is 3.31. The van der Waals surface area contributed by atoms with Gasteiger partial charge in [0.2, 0.25) is 0 Å².